The molecule has 1 unspecified atom stereocenters. The number of halogens is 1. The minimum Gasteiger partial charge on any atom is -0.328 e. The van der Waals surface area contributed by atoms with Crippen molar-refractivity contribution in [3.05, 3.63) is 21.3 Å². The predicted octanol–water partition coefficient (Wildman–Crippen LogP) is 2.29. The maximum Gasteiger partial charge on any atom is 0.0515 e. The molecule has 2 N–H and O–H groups in total. The molecule has 1 aromatic rings. The molecule has 0 aliphatic rings. The third-order valence-electron chi connectivity index (χ3n) is 1.14. The first kappa shape index (κ1) is 8.05. The van der Waals surface area contributed by atoms with Crippen LogP contribution >= 0.6 is 22.9 Å². The fourth-order valence-electron chi connectivity index (χ4n) is 0.778. The lowest BCUT2D eigenvalue weighted by Gasteiger charge is -1.99. The summed E-state index contributed by atoms with van der Waals surface area (Å²) in [7, 11) is 0. The quantitative estimate of drug-likeness (QED) is 0.734. The third-order valence-corrected chi connectivity index (χ3v) is 2.45. The van der Waals surface area contributed by atoms with Gasteiger partial charge < -0.3 is 5.73 Å². The number of hydrogen-bond acceptors (Lipinski definition) is 2. The van der Waals surface area contributed by atoms with Crippen LogP contribution < -0.4 is 5.73 Å². The minimum atomic E-state index is 0.231. The van der Waals surface area contributed by atoms with Crippen molar-refractivity contribution >= 4 is 22.9 Å². The van der Waals surface area contributed by atoms with E-state index in [4.69, 9.17) is 17.3 Å². The van der Waals surface area contributed by atoms with Crippen LogP contribution in [0.5, 0.6) is 0 Å². The molecule has 0 bridgehead atoms. The van der Waals surface area contributed by atoms with E-state index in [-0.39, 0.29) is 6.04 Å². The molecule has 1 heterocycles. The van der Waals surface area contributed by atoms with E-state index in [1.54, 1.807) is 11.3 Å². The molecule has 0 amide bonds. The van der Waals surface area contributed by atoms with Crippen LogP contribution in [0.15, 0.2) is 11.4 Å². The molecule has 0 aliphatic carbocycles. The van der Waals surface area contributed by atoms with Gasteiger partial charge in [-0.25, -0.2) is 0 Å². The molecule has 0 aliphatic heterocycles. The number of thiophene rings is 1. The Balaban J connectivity index is 2.58. The molecule has 0 saturated heterocycles. The second kappa shape index (κ2) is 3.37. The average molecular weight is 176 g/mol. The van der Waals surface area contributed by atoms with E-state index in [0.717, 1.165) is 11.4 Å². The molecule has 10 heavy (non-hydrogen) atoms. The van der Waals surface area contributed by atoms with Crippen molar-refractivity contribution in [3.63, 3.8) is 0 Å². The average Bonchev–Trinajstić information content (AvgIpc) is 2.13. The van der Waals surface area contributed by atoms with Gasteiger partial charge in [-0.3, -0.25) is 0 Å². The van der Waals surface area contributed by atoms with Crippen LogP contribution in [0.2, 0.25) is 5.02 Å². The minimum absolute atomic E-state index is 0.231. The van der Waals surface area contributed by atoms with Gasteiger partial charge in [0.2, 0.25) is 0 Å². The maximum absolute atomic E-state index is 5.71. The molecule has 0 saturated carbocycles. The van der Waals surface area contributed by atoms with E-state index < -0.39 is 0 Å². The van der Waals surface area contributed by atoms with Crippen LogP contribution in [0.25, 0.3) is 0 Å². The monoisotopic (exact) mass is 175 g/mol. The summed E-state index contributed by atoms with van der Waals surface area (Å²) in [4.78, 5) is 1.26. The summed E-state index contributed by atoms with van der Waals surface area (Å²) in [6.07, 6.45) is 0.928. The zero-order chi connectivity index (χ0) is 7.56. The molecular formula is C7H10ClNS. The highest BCUT2D eigenvalue weighted by molar-refractivity contribution is 7.10. The van der Waals surface area contributed by atoms with Crippen molar-refractivity contribution < 1.29 is 0 Å². The molecule has 1 rings (SSSR count). The predicted molar refractivity (Wildman–Crippen MR) is 46.7 cm³/mol. The Morgan fingerprint density at radius 3 is 2.90 bits per heavy atom. The van der Waals surface area contributed by atoms with Gasteiger partial charge in [0.1, 0.15) is 0 Å². The van der Waals surface area contributed by atoms with Crippen molar-refractivity contribution in [1.29, 1.82) is 0 Å². The molecule has 0 spiro atoms. The summed E-state index contributed by atoms with van der Waals surface area (Å²) in [5.74, 6) is 0. The second-order valence-electron chi connectivity index (χ2n) is 2.41. The summed E-state index contributed by atoms with van der Waals surface area (Å²) in [6.45, 7) is 1.99. The molecule has 0 fully saturated rings. The van der Waals surface area contributed by atoms with Crippen LogP contribution in [0, 0.1) is 0 Å². The molecule has 0 radical (unpaired) electrons. The smallest absolute Gasteiger partial charge is 0.0515 e. The van der Waals surface area contributed by atoms with E-state index in [2.05, 4.69) is 0 Å². The van der Waals surface area contributed by atoms with Crippen molar-refractivity contribution in [2.45, 2.75) is 19.4 Å². The molecule has 1 nitrogen and oxygen atoms in total. The number of nitrogens with two attached hydrogens (primary N) is 1. The summed E-state index contributed by atoms with van der Waals surface area (Å²) in [5.41, 5.74) is 5.60. The first-order valence-corrected chi connectivity index (χ1v) is 4.42. The van der Waals surface area contributed by atoms with E-state index >= 15 is 0 Å². The van der Waals surface area contributed by atoms with Gasteiger partial charge in [-0.1, -0.05) is 11.6 Å². The Bertz CT molecular complexity index is 207. The van der Waals surface area contributed by atoms with Crippen molar-refractivity contribution in [3.8, 4) is 0 Å². The Hall–Kier alpha value is -0.0500. The summed E-state index contributed by atoms with van der Waals surface area (Å²) in [6, 6.07) is 2.20. The molecule has 3 heteroatoms. The van der Waals surface area contributed by atoms with Gasteiger partial charge in [0, 0.05) is 16.3 Å². The lowest BCUT2D eigenvalue weighted by molar-refractivity contribution is 0.746. The zero-order valence-corrected chi connectivity index (χ0v) is 7.38. The zero-order valence-electron chi connectivity index (χ0n) is 5.80. The van der Waals surface area contributed by atoms with Gasteiger partial charge in [-0.05, 0) is 19.4 Å². The summed E-state index contributed by atoms with van der Waals surface area (Å²) >= 11 is 7.38. The largest absolute Gasteiger partial charge is 0.328 e. The molecule has 1 aromatic heterocycles. The van der Waals surface area contributed by atoms with Gasteiger partial charge in [0.15, 0.2) is 0 Å². The summed E-state index contributed by atoms with van der Waals surface area (Å²) < 4.78 is 0. The van der Waals surface area contributed by atoms with Gasteiger partial charge >= 0.3 is 0 Å². The first-order valence-electron chi connectivity index (χ1n) is 3.17. The number of hydrogen-bond donors (Lipinski definition) is 1. The van der Waals surface area contributed by atoms with Crippen LogP contribution in [-0.4, -0.2) is 6.04 Å². The number of rotatable bonds is 2. The Morgan fingerprint density at radius 1 is 1.80 bits per heavy atom. The van der Waals surface area contributed by atoms with E-state index in [0.29, 0.717) is 0 Å². The maximum atomic E-state index is 5.71. The van der Waals surface area contributed by atoms with E-state index in [1.165, 1.54) is 4.88 Å². The highest BCUT2D eigenvalue weighted by Crippen LogP contribution is 2.19. The van der Waals surface area contributed by atoms with E-state index in [1.807, 2.05) is 18.4 Å². The van der Waals surface area contributed by atoms with Gasteiger partial charge in [0.25, 0.3) is 0 Å². The fourth-order valence-corrected chi connectivity index (χ4v) is 1.99. The standard InChI is InChI=1S/C7H10ClNS/c1-5(9)2-7-3-6(8)4-10-7/h3-5H,2,9H2,1H3. The lowest BCUT2D eigenvalue weighted by atomic mass is 10.2. The van der Waals surface area contributed by atoms with Gasteiger partial charge in [-0.2, -0.15) is 0 Å². The normalized spacial score (nSPS) is 13.5. The van der Waals surface area contributed by atoms with Crippen molar-refractivity contribution in [1.82, 2.24) is 0 Å². The second-order valence-corrected chi connectivity index (χ2v) is 3.84. The topological polar surface area (TPSA) is 26.0 Å². The first-order chi connectivity index (χ1) is 4.68. The van der Waals surface area contributed by atoms with Crippen LogP contribution in [0.4, 0.5) is 0 Å². The fraction of sp³-hybridized carbons (Fsp3) is 0.429. The Labute approximate surface area is 69.8 Å². The Morgan fingerprint density at radius 2 is 2.50 bits per heavy atom. The van der Waals surface area contributed by atoms with Crippen molar-refractivity contribution in [2.75, 3.05) is 0 Å². The van der Waals surface area contributed by atoms with Gasteiger partial charge in [0.05, 0.1) is 5.02 Å². The molecule has 0 aromatic carbocycles. The van der Waals surface area contributed by atoms with Crippen LogP contribution in [-0.2, 0) is 6.42 Å². The molecule has 56 valence electrons. The molecular weight excluding hydrogens is 166 g/mol. The van der Waals surface area contributed by atoms with Crippen LogP contribution in [0.1, 0.15) is 11.8 Å². The summed E-state index contributed by atoms with van der Waals surface area (Å²) in [5, 5.41) is 2.75. The van der Waals surface area contributed by atoms with E-state index in [9.17, 15) is 0 Å². The lowest BCUT2D eigenvalue weighted by Crippen LogP contribution is -2.16. The SMILES string of the molecule is CC(N)Cc1cc(Cl)cs1. The highest BCUT2D eigenvalue weighted by Gasteiger charge is 1.99. The Kier molecular flexibility index (Phi) is 2.72. The highest BCUT2D eigenvalue weighted by atomic mass is 35.5. The third kappa shape index (κ3) is 2.29. The molecule has 1 atom stereocenters. The van der Waals surface area contributed by atoms with Gasteiger partial charge in [-0.15, -0.1) is 11.3 Å². The van der Waals surface area contributed by atoms with Crippen molar-refractivity contribution in [2.24, 2.45) is 5.73 Å². The van der Waals surface area contributed by atoms with Crippen LogP contribution in [0.3, 0.4) is 0 Å².